The second-order valence-corrected chi connectivity index (χ2v) is 6.38. The summed E-state index contributed by atoms with van der Waals surface area (Å²) in [5.41, 5.74) is -0.257. The highest BCUT2D eigenvalue weighted by Gasteiger charge is 2.35. The molecule has 1 aromatic carbocycles. The number of nitrogens with zero attached hydrogens (tertiary/aromatic N) is 2. The Bertz CT molecular complexity index is 981. The highest BCUT2D eigenvalue weighted by Crippen LogP contribution is 2.35. The summed E-state index contributed by atoms with van der Waals surface area (Å²) in [5.74, 6) is -6.19. The minimum absolute atomic E-state index is 0.0967. The van der Waals surface area contributed by atoms with Crippen LogP contribution in [0, 0.1) is 17.5 Å². The molecule has 1 saturated heterocycles. The number of methoxy groups -OCH3 is 1. The lowest BCUT2D eigenvalue weighted by molar-refractivity contribution is -0.123. The standard InChI is InChI=1S/C17H11F3N2O4S/c1-26-13-4-8(2-3-21-13)7-22-16(24)12(27-17(22)25)5-9-10(18)6-11(19)15(23)14(9)20/h2-6,23H,7H2,1H3. The van der Waals surface area contributed by atoms with Crippen LogP contribution in [-0.2, 0) is 11.3 Å². The van der Waals surface area contributed by atoms with Gasteiger partial charge in [-0.15, -0.1) is 0 Å². The van der Waals surface area contributed by atoms with E-state index in [1.54, 1.807) is 6.07 Å². The Kier molecular flexibility index (Phi) is 5.08. The van der Waals surface area contributed by atoms with Crippen LogP contribution in [0.1, 0.15) is 11.1 Å². The number of benzene rings is 1. The molecule has 27 heavy (non-hydrogen) atoms. The third-order valence-electron chi connectivity index (χ3n) is 3.68. The number of hydrogen-bond acceptors (Lipinski definition) is 6. The molecule has 0 unspecified atom stereocenters. The molecule has 0 bridgehead atoms. The Morgan fingerprint density at radius 1 is 1.26 bits per heavy atom. The lowest BCUT2D eigenvalue weighted by atomic mass is 10.1. The van der Waals surface area contributed by atoms with Gasteiger partial charge in [-0.05, 0) is 29.5 Å². The molecule has 3 rings (SSSR count). The zero-order chi connectivity index (χ0) is 19.7. The van der Waals surface area contributed by atoms with E-state index >= 15 is 0 Å². The number of rotatable bonds is 4. The second kappa shape index (κ2) is 7.31. The van der Waals surface area contributed by atoms with Gasteiger partial charge in [0.05, 0.1) is 24.1 Å². The minimum Gasteiger partial charge on any atom is -0.503 e. The molecule has 1 aliphatic heterocycles. The van der Waals surface area contributed by atoms with E-state index in [0.717, 1.165) is 11.0 Å². The number of amides is 2. The number of hydrogen-bond donors (Lipinski definition) is 1. The van der Waals surface area contributed by atoms with Crippen molar-refractivity contribution in [2.45, 2.75) is 6.54 Å². The maximum atomic E-state index is 13.9. The van der Waals surface area contributed by atoms with Gasteiger partial charge in [0.25, 0.3) is 11.1 Å². The number of aromatic nitrogens is 1. The number of halogens is 3. The number of carbonyl (C=O) groups is 2. The number of ether oxygens (including phenoxy) is 1. The lowest BCUT2D eigenvalue weighted by Crippen LogP contribution is -2.27. The third-order valence-corrected chi connectivity index (χ3v) is 4.59. The van der Waals surface area contributed by atoms with Crippen LogP contribution in [0.4, 0.5) is 18.0 Å². The molecule has 2 amide bonds. The molecule has 0 saturated carbocycles. The summed E-state index contributed by atoms with van der Waals surface area (Å²) >= 11 is 0.476. The molecule has 0 atom stereocenters. The Balaban J connectivity index is 1.90. The summed E-state index contributed by atoms with van der Waals surface area (Å²) in [6.45, 7) is -0.0967. The first-order chi connectivity index (χ1) is 12.8. The fraction of sp³-hybridized carbons (Fsp3) is 0.118. The van der Waals surface area contributed by atoms with Crippen molar-refractivity contribution in [1.82, 2.24) is 9.88 Å². The monoisotopic (exact) mass is 396 g/mol. The minimum atomic E-state index is -1.56. The van der Waals surface area contributed by atoms with Gasteiger partial charge in [-0.2, -0.15) is 0 Å². The van der Waals surface area contributed by atoms with Crippen molar-refractivity contribution in [3.8, 4) is 11.6 Å². The number of phenolic OH excluding ortho intramolecular Hbond substituents is 1. The molecular weight excluding hydrogens is 385 g/mol. The number of pyridine rings is 1. The van der Waals surface area contributed by atoms with Gasteiger partial charge in [-0.25, -0.2) is 18.2 Å². The zero-order valence-corrected chi connectivity index (χ0v) is 14.5. The molecule has 0 spiro atoms. The molecule has 1 aliphatic rings. The van der Waals surface area contributed by atoms with Crippen molar-refractivity contribution in [3.05, 3.63) is 57.9 Å². The quantitative estimate of drug-likeness (QED) is 0.798. The van der Waals surface area contributed by atoms with Crippen LogP contribution in [0.5, 0.6) is 11.6 Å². The lowest BCUT2D eigenvalue weighted by Gasteiger charge is -2.12. The van der Waals surface area contributed by atoms with Gasteiger partial charge in [-0.3, -0.25) is 14.5 Å². The summed E-state index contributed by atoms with van der Waals surface area (Å²) in [6.07, 6.45) is 2.21. The highest BCUT2D eigenvalue weighted by molar-refractivity contribution is 8.18. The molecular formula is C17H11F3N2O4S. The summed E-state index contributed by atoms with van der Waals surface area (Å²) in [5, 5.41) is 8.62. The van der Waals surface area contributed by atoms with Crippen LogP contribution in [0.3, 0.4) is 0 Å². The van der Waals surface area contributed by atoms with Crippen molar-refractivity contribution < 1.29 is 32.6 Å². The van der Waals surface area contributed by atoms with Crippen LogP contribution in [-0.4, -0.2) is 33.2 Å². The van der Waals surface area contributed by atoms with Crippen LogP contribution in [0.25, 0.3) is 6.08 Å². The van der Waals surface area contributed by atoms with E-state index in [2.05, 4.69) is 4.98 Å². The van der Waals surface area contributed by atoms with Crippen molar-refractivity contribution >= 4 is 29.0 Å². The van der Waals surface area contributed by atoms with Gasteiger partial charge in [0.1, 0.15) is 5.82 Å². The Labute approximate surface area is 155 Å². The Hall–Kier alpha value is -3.01. The largest absolute Gasteiger partial charge is 0.503 e. The van der Waals surface area contributed by atoms with Gasteiger partial charge < -0.3 is 9.84 Å². The van der Waals surface area contributed by atoms with Gasteiger partial charge in [0.15, 0.2) is 17.4 Å². The molecule has 6 nitrogen and oxygen atoms in total. The van der Waals surface area contributed by atoms with Gasteiger partial charge in [0, 0.05) is 18.3 Å². The molecule has 1 N–H and O–H groups in total. The predicted molar refractivity (Wildman–Crippen MR) is 90.3 cm³/mol. The van der Waals surface area contributed by atoms with Gasteiger partial charge in [-0.1, -0.05) is 0 Å². The molecule has 140 valence electrons. The van der Waals surface area contributed by atoms with Crippen molar-refractivity contribution in [3.63, 3.8) is 0 Å². The fourth-order valence-corrected chi connectivity index (χ4v) is 3.16. The predicted octanol–water partition coefficient (Wildman–Crippen LogP) is 3.45. The number of phenols is 1. The van der Waals surface area contributed by atoms with E-state index in [-0.39, 0.29) is 17.5 Å². The zero-order valence-electron chi connectivity index (χ0n) is 13.7. The van der Waals surface area contributed by atoms with Crippen LogP contribution < -0.4 is 4.74 Å². The molecule has 2 heterocycles. The number of aromatic hydroxyl groups is 1. The SMILES string of the molecule is COc1cc(CN2C(=O)SC(=Cc3c(F)cc(F)c(O)c3F)C2=O)ccn1. The van der Waals surface area contributed by atoms with E-state index in [9.17, 15) is 27.9 Å². The summed E-state index contributed by atoms with van der Waals surface area (Å²) in [4.78, 5) is 29.1. The highest BCUT2D eigenvalue weighted by atomic mass is 32.2. The molecule has 1 aromatic heterocycles. The maximum absolute atomic E-state index is 13.9. The van der Waals surface area contributed by atoms with Crippen LogP contribution >= 0.6 is 11.8 Å². The average molecular weight is 396 g/mol. The first-order valence-corrected chi connectivity index (χ1v) is 8.24. The molecule has 1 fully saturated rings. The maximum Gasteiger partial charge on any atom is 0.293 e. The number of imide groups is 1. The summed E-state index contributed by atoms with van der Waals surface area (Å²) in [6, 6.07) is 3.40. The molecule has 0 radical (unpaired) electrons. The first kappa shape index (κ1) is 18.8. The average Bonchev–Trinajstić information content (AvgIpc) is 2.91. The normalized spacial score (nSPS) is 15.7. The van der Waals surface area contributed by atoms with Crippen molar-refractivity contribution in [1.29, 1.82) is 0 Å². The Morgan fingerprint density at radius 3 is 2.70 bits per heavy atom. The van der Waals surface area contributed by atoms with Crippen LogP contribution in [0.15, 0.2) is 29.3 Å². The molecule has 0 aliphatic carbocycles. The molecule has 10 heteroatoms. The smallest absolute Gasteiger partial charge is 0.293 e. The van der Waals surface area contributed by atoms with E-state index < -0.39 is 39.9 Å². The van der Waals surface area contributed by atoms with Gasteiger partial charge >= 0.3 is 0 Å². The van der Waals surface area contributed by atoms with E-state index in [1.165, 1.54) is 19.4 Å². The Morgan fingerprint density at radius 2 is 2.00 bits per heavy atom. The van der Waals surface area contributed by atoms with Crippen LogP contribution in [0.2, 0.25) is 0 Å². The topological polar surface area (TPSA) is 79.7 Å². The van der Waals surface area contributed by atoms with E-state index in [4.69, 9.17) is 4.74 Å². The fourth-order valence-electron chi connectivity index (χ4n) is 2.34. The summed E-state index contributed by atoms with van der Waals surface area (Å²) < 4.78 is 45.8. The molecule has 2 aromatic rings. The number of thioether (sulfide) groups is 1. The summed E-state index contributed by atoms with van der Waals surface area (Å²) in [7, 11) is 1.41. The van der Waals surface area contributed by atoms with Crippen molar-refractivity contribution in [2.24, 2.45) is 0 Å². The first-order valence-electron chi connectivity index (χ1n) is 7.42. The third kappa shape index (κ3) is 3.61. The van der Waals surface area contributed by atoms with Gasteiger partial charge in [0.2, 0.25) is 5.88 Å². The van der Waals surface area contributed by atoms with Crippen molar-refractivity contribution in [2.75, 3.05) is 7.11 Å². The second-order valence-electron chi connectivity index (χ2n) is 5.39. The van der Waals surface area contributed by atoms with E-state index in [1.807, 2.05) is 0 Å². The number of carbonyl (C=O) groups excluding carboxylic acids is 2. The van der Waals surface area contributed by atoms with E-state index in [0.29, 0.717) is 23.2 Å².